The molecule has 0 spiro atoms. The predicted octanol–water partition coefficient (Wildman–Crippen LogP) is 3.72. The summed E-state index contributed by atoms with van der Waals surface area (Å²) in [6.07, 6.45) is 0. The Morgan fingerprint density at radius 3 is 2.24 bits per heavy atom. The second kappa shape index (κ2) is 7.90. The van der Waals surface area contributed by atoms with E-state index in [4.69, 9.17) is 4.74 Å². The zero-order valence-electron chi connectivity index (χ0n) is 13.7. The summed E-state index contributed by atoms with van der Waals surface area (Å²) in [6.45, 7) is 1.95. The lowest BCUT2D eigenvalue weighted by Gasteiger charge is -2.20. The Balaban J connectivity index is 1.79. The van der Waals surface area contributed by atoms with Crippen LogP contribution in [-0.2, 0) is 14.3 Å². The molecular weight excluding hydrogens is 336 g/mol. The number of anilines is 2. The van der Waals surface area contributed by atoms with Crippen molar-refractivity contribution in [3.05, 3.63) is 65.9 Å². The minimum Gasteiger partial charge on any atom is -0.486 e. The molecule has 0 saturated carbocycles. The Morgan fingerprint density at radius 1 is 0.960 bits per heavy atom. The van der Waals surface area contributed by atoms with Crippen molar-refractivity contribution in [2.75, 3.05) is 23.0 Å². The van der Waals surface area contributed by atoms with E-state index in [0.717, 1.165) is 16.2 Å². The molecule has 0 saturated heterocycles. The minimum atomic E-state index is -0.279. The van der Waals surface area contributed by atoms with E-state index in [1.54, 1.807) is 36.0 Å². The van der Waals surface area contributed by atoms with Crippen LogP contribution in [0.1, 0.15) is 12.5 Å². The smallest absolute Gasteiger partial charge is 0.291 e. The molecule has 0 unspecified atom stereocenters. The first-order valence-corrected chi connectivity index (χ1v) is 8.86. The van der Waals surface area contributed by atoms with Crippen molar-refractivity contribution in [1.29, 1.82) is 0 Å². The molecule has 25 heavy (non-hydrogen) atoms. The van der Waals surface area contributed by atoms with Crippen molar-refractivity contribution in [2.45, 2.75) is 6.92 Å². The maximum absolute atomic E-state index is 12.6. The van der Waals surface area contributed by atoms with Crippen molar-refractivity contribution in [2.24, 2.45) is 0 Å². The Kier molecular flexibility index (Phi) is 5.40. The van der Waals surface area contributed by atoms with Crippen LogP contribution >= 0.6 is 11.8 Å². The molecule has 1 aliphatic heterocycles. The topological polar surface area (TPSA) is 67.4 Å². The number of nitrogens with one attached hydrogen (secondary N) is 2. The van der Waals surface area contributed by atoms with Crippen LogP contribution in [0.25, 0.3) is 4.91 Å². The van der Waals surface area contributed by atoms with E-state index in [0.29, 0.717) is 23.7 Å². The highest BCUT2D eigenvalue weighted by Gasteiger charge is 2.23. The average Bonchev–Trinajstić information content (AvgIpc) is 2.63. The van der Waals surface area contributed by atoms with Gasteiger partial charge in [-0.05, 0) is 29.8 Å². The fourth-order valence-electron chi connectivity index (χ4n) is 2.42. The third-order valence-corrected chi connectivity index (χ3v) is 4.57. The molecule has 6 heteroatoms. The van der Waals surface area contributed by atoms with E-state index in [1.807, 2.05) is 30.3 Å². The first kappa shape index (κ1) is 17.1. The Morgan fingerprint density at radius 2 is 1.60 bits per heavy atom. The molecule has 0 fully saturated rings. The van der Waals surface area contributed by atoms with Crippen LogP contribution in [0.4, 0.5) is 11.4 Å². The van der Waals surface area contributed by atoms with Crippen molar-refractivity contribution in [3.8, 4) is 0 Å². The van der Waals surface area contributed by atoms with Crippen molar-refractivity contribution < 1.29 is 14.3 Å². The first-order valence-electron chi connectivity index (χ1n) is 7.88. The van der Waals surface area contributed by atoms with E-state index in [1.165, 1.54) is 6.92 Å². The molecule has 0 aliphatic carbocycles. The van der Waals surface area contributed by atoms with Crippen molar-refractivity contribution >= 4 is 39.9 Å². The molecule has 3 rings (SSSR count). The minimum absolute atomic E-state index is 0.137. The lowest BCUT2D eigenvalue weighted by Crippen LogP contribution is -2.21. The lowest BCUT2D eigenvalue weighted by atomic mass is 10.2. The Labute approximate surface area is 150 Å². The number of hydrogen-bond acceptors (Lipinski definition) is 4. The normalized spacial score (nSPS) is 13.8. The molecular formula is C19H18N2O3S. The van der Waals surface area contributed by atoms with E-state index >= 15 is 0 Å². The molecule has 0 atom stereocenters. The number of rotatable bonds is 4. The van der Waals surface area contributed by atoms with Gasteiger partial charge in [-0.15, -0.1) is 11.8 Å². The van der Waals surface area contributed by atoms with Crippen LogP contribution < -0.4 is 10.6 Å². The number of carbonyl (C=O) groups excluding carboxylic acids is 2. The number of carbonyl (C=O) groups is 2. The number of hydrogen-bond donors (Lipinski definition) is 2. The third-order valence-electron chi connectivity index (χ3n) is 3.49. The lowest BCUT2D eigenvalue weighted by molar-refractivity contribution is -0.116. The molecule has 1 heterocycles. The number of thioether (sulfide) groups is 1. The summed E-state index contributed by atoms with van der Waals surface area (Å²) in [7, 11) is 0. The van der Waals surface area contributed by atoms with Gasteiger partial charge in [0.15, 0.2) is 5.76 Å². The number of ether oxygens (including phenoxy) is 1. The molecule has 0 aromatic heterocycles. The molecule has 0 bridgehead atoms. The van der Waals surface area contributed by atoms with Gasteiger partial charge in [0.25, 0.3) is 5.91 Å². The van der Waals surface area contributed by atoms with Gasteiger partial charge in [0.2, 0.25) is 5.91 Å². The summed E-state index contributed by atoms with van der Waals surface area (Å²) in [5.74, 6) is 0.737. The summed E-state index contributed by atoms with van der Waals surface area (Å²) in [5.41, 5.74) is 2.29. The summed E-state index contributed by atoms with van der Waals surface area (Å²) in [5, 5.41) is 5.53. The number of benzene rings is 2. The summed E-state index contributed by atoms with van der Waals surface area (Å²) in [4.78, 5) is 24.5. The Bertz CT molecular complexity index is 801. The second-order valence-corrected chi connectivity index (χ2v) is 6.54. The molecule has 5 nitrogen and oxygen atoms in total. The Hall–Kier alpha value is -2.73. The molecule has 2 N–H and O–H groups in total. The van der Waals surface area contributed by atoms with Crippen LogP contribution in [0.2, 0.25) is 0 Å². The van der Waals surface area contributed by atoms with Gasteiger partial charge < -0.3 is 15.4 Å². The number of amides is 2. The summed E-state index contributed by atoms with van der Waals surface area (Å²) < 4.78 is 5.65. The fourth-order valence-corrected chi connectivity index (χ4v) is 3.38. The quantitative estimate of drug-likeness (QED) is 0.878. The molecule has 1 aliphatic rings. The third kappa shape index (κ3) is 4.42. The van der Waals surface area contributed by atoms with Crippen LogP contribution in [0.15, 0.2) is 60.4 Å². The van der Waals surface area contributed by atoms with Gasteiger partial charge in [0.05, 0.1) is 11.5 Å². The van der Waals surface area contributed by atoms with Gasteiger partial charge in [-0.2, -0.15) is 0 Å². The van der Waals surface area contributed by atoms with Gasteiger partial charge in [-0.3, -0.25) is 9.59 Å². The van der Waals surface area contributed by atoms with E-state index in [2.05, 4.69) is 10.6 Å². The predicted molar refractivity (Wildman–Crippen MR) is 101 cm³/mol. The van der Waals surface area contributed by atoms with Crippen LogP contribution in [0.3, 0.4) is 0 Å². The maximum Gasteiger partial charge on any atom is 0.291 e. The second-order valence-electron chi connectivity index (χ2n) is 5.43. The van der Waals surface area contributed by atoms with E-state index in [-0.39, 0.29) is 11.8 Å². The highest BCUT2D eigenvalue weighted by molar-refractivity contribution is 8.08. The van der Waals surface area contributed by atoms with Crippen molar-refractivity contribution in [3.63, 3.8) is 0 Å². The van der Waals surface area contributed by atoms with Gasteiger partial charge in [-0.25, -0.2) is 0 Å². The fraction of sp³-hybridized carbons (Fsp3) is 0.158. The standard InChI is InChI=1S/C19H18N2O3S/c1-13(22)20-15-7-9-16(10-8-15)21-19(23)17-18(25-12-11-24-17)14-5-3-2-4-6-14/h2-10H,11-12H2,1H3,(H,20,22)(H,21,23). The van der Waals surface area contributed by atoms with Gasteiger partial charge in [0, 0.05) is 24.1 Å². The molecule has 2 aromatic rings. The zero-order valence-corrected chi connectivity index (χ0v) is 14.6. The highest BCUT2D eigenvalue weighted by atomic mass is 32.2. The van der Waals surface area contributed by atoms with Gasteiger partial charge in [-0.1, -0.05) is 30.3 Å². The summed E-state index contributed by atoms with van der Waals surface area (Å²) >= 11 is 1.62. The van der Waals surface area contributed by atoms with Gasteiger partial charge in [0.1, 0.15) is 0 Å². The van der Waals surface area contributed by atoms with E-state index in [9.17, 15) is 9.59 Å². The average molecular weight is 354 g/mol. The molecule has 128 valence electrons. The van der Waals surface area contributed by atoms with Gasteiger partial charge >= 0.3 is 0 Å². The largest absolute Gasteiger partial charge is 0.486 e. The first-order chi connectivity index (χ1) is 12.1. The molecule has 0 radical (unpaired) electrons. The SMILES string of the molecule is CC(=O)Nc1ccc(NC(=O)C2=C(c3ccccc3)SCCO2)cc1. The highest BCUT2D eigenvalue weighted by Crippen LogP contribution is 2.35. The van der Waals surface area contributed by atoms with Crippen LogP contribution in [0.5, 0.6) is 0 Å². The zero-order chi connectivity index (χ0) is 17.6. The molecule has 2 aromatic carbocycles. The summed E-state index contributed by atoms with van der Waals surface area (Å²) in [6, 6.07) is 16.7. The van der Waals surface area contributed by atoms with Crippen LogP contribution in [0, 0.1) is 0 Å². The van der Waals surface area contributed by atoms with E-state index < -0.39 is 0 Å². The van der Waals surface area contributed by atoms with Crippen LogP contribution in [-0.4, -0.2) is 24.2 Å². The van der Waals surface area contributed by atoms with Crippen molar-refractivity contribution in [1.82, 2.24) is 0 Å². The maximum atomic E-state index is 12.6. The monoisotopic (exact) mass is 354 g/mol. The molecule has 2 amide bonds.